The number of rotatable bonds is 4. The minimum atomic E-state index is -1.43. The number of carboxylic acids is 1. The maximum atomic E-state index is 13.0. The molecular formula is C12H14FNO3. The molecule has 0 heterocycles. The lowest BCUT2D eigenvalue weighted by Crippen LogP contribution is -2.53. The average Bonchev–Trinajstić information content (AvgIpc) is 2.15. The third kappa shape index (κ3) is 3.55. The van der Waals surface area contributed by atoms with Gasteiger partial charge in [-0.1, -0.05) is 12.1 Å². The molecule has 1 atom stereocenters. The van der Waals surface area contributed by atoms with E-state index in [2.05, 4.69) is 5.32 Å². The fourth-order valence-corrected chi connectivity index (χ4v) is 1.62. The molecule has 0 aromatic heterocycles. The molecule has 2 N–H and O–H groups in total. The summed E-state index contributed by atoms with van der Waals surface area (Å²) in [5, 5.41) is 11.5. The number of nitrogens with one attached hydrogen (secondary N) is 1. The van der Waals surface area contributed by atoms with E-state index in [-0.39, 0.29) is 6.42 Å². The van der Waals surface area contributed by atoms with E-state index in [0.717, 1.165) is 0 Å². The van der Waals surface area contributed by atoms with Gasteiger partial charge in [0.1, 0.15) is 11.4 Å². The number of hydrogen-bond acceptors (Lipinski definition) is 2. The molecule has 0 saturated carbocycles. The summed E-state index contributed by atoms with van der Waals surface area (Å²) in [5.41, 5.74) is -0.914. The lowest BCUT2D eigenvalue weighted by molar-refractivity contribution is -0.146. The molecule has 5 heteroatoms. The zero-order chi connectivity index (χ0) is 13.1. The number of benzene rings is 1. The molecule has 0 aliphatic heterocycles. The van der Waals surface area contributed by atoms with Crippen LogP contribution >= 0.6 is 0 Å². The number of hydrogen-bond donors (Lipinski definition) is 2. The highest BCUT2D eigenvalue weighted by atomic mass is 19.1. The smallest absolute Gasteiger partial charge is 0.329 e. The Hall–Kier alpha value is -1.91. The third-order valence-electron chi connectivity index (χ3n) is 2.37. The first-order valence-corrected chi connectivity index (χ1v) is 5.10. The molecule has 0 fully saturated rings. The van der Waals surface area contributed by atoms with Crippen LogP contribution in [0, 0.1) is 5.82 Å². The Kier molecular flexibility index (Phi) is 3.83. The lowest BCUT2D eigenvalue weighted by atomic mass is 9.92. The van der Waals surface area contributed by atoms with Crippen molar-refractivity contribution in [3.8, 4) is 0 Å². The van der Waals surface area contributed by atoms with Gasteiger partial charge in [0.2, 0.25) is 5.91 Å². The van der Waals surface area contributed by atoms with Gasteiger partial charge in [-0.15, -0.1) is 0 Å². The molecule has 17 heavy (non-hydrogen) atoms. The van der Waals surface area contributed by atoms with Gasteiger partial charge >= 0.3 is 5.97 Å². The Balaban J connectivity index is 2.94. The number of carbonyl (C=O) groups is 2. The van der Waals surface area contributed by atoms with Crippen molar-refractivity contribution in [2.24, 2.45) is 0 Å². The highest BCUT2D eigenvalue weighted by molar-refractivity contribution is 5.85. The Morgan fingerprint density at radius 2 is 2.12 bits per heavy atom. The van der Waals surface area contributed by atoms with Crippen molar-refractivity contribution in [3.05, 3.63) is 35.6 Å². The van der Waals surface area contributed by atoms with Gasteiger partial charge in [0.05, 0.1) is 0 Å². The number of carbonyl (C=O) groups excluding carboxylic acids is 1. The predicted molar refractivity (Wildman–Crippen MR) is 60.0 cm³/mol. The molecule has 92 valence electrons. The second kappa shape index (κ2) is 4.95. The van der Waals surface area contributed by atoms with E-state index < -0.39 is 23.2 Å². The van der Waals surface area contributed by atoms with Crippen molar-refractivity contribution in [2.45, 2.75) is 25.8 Å². The second-order valence-electron chi connectivity index (χ2n) is 4.13. The maximum absolute atomic E-state index is 13.0. The van der Waals surface area contributed by atoms with Crippen LogP contribution in [0.3, 0.4) is 0 Å². The zero-order valence-electron chi connectivity index (χ0n) is 9.66. The highest BCUT2D eigenvalue weighted by Gasteiger charge is 2.34. The summed E-state index contributed by atoms with van der Waals surface area (Å²) in [4.78, 5) is 22.1. The molecule has 0 bridgehead atoms. The van der Waals surface area contributed by atoms with E-state index in [4.69, 9.17) is 5.11 Å². The van der Waals surface area contributed by atoms with E-state index in [1.807, 2.05) is 0 Å². The van der Waals surface area contributed by atoms with E-state index in [1.54, 1.807) is 6.07 Å². The molecule has 1 rings (SSSR count). The van der Waals surface area contributed by atoms with Crippen LogP contribution in [0.1, 0.15) is 19.4 Å². The normalized spacial score (nSPS) is 13.8. The van der Waals surface area contributed by atoms with Gasteiger partial charge in [0.25, 0.3) is 0 Å². The second-order valence-corrected chi connectivity index (χ2v) is 4.13. The lowest BCUT2D eigenvalue weighted by Gasteiger charge is -2.25. The van der Waals surface area contributed by atoms with Crippen LogP contribution < -0.4 is 5.32 Å². The Labute approximate surface area is 98.5 Å². The van der Waals surface area contributed by atoms with Crippen LogP contribution in [0.5, 0.6) is 0 Å². The van der Waals surface area contributed by atoms with Crippen molar-refractivity contribution in [3.63, 3.8) is 0 Å². The summed E-state index contributed by atoms with van der Waals surface area (Å²) in [5.74, 6) is -2.03. The van der Waals surface area contributed by atoms with Gasteiger partial charge in [-0.3, -0.25) is 4.79 Å². The summed E-state index contributed by atoms with van der Waals surface area (Å²) in [6.45, 7) is 2.63. The van der Waals surface area contributed by atoms with Crippen LogP contribution in [0.4, 0.5) is 4.39 Å². The molecule has 0 spiro atoms. The summed E-state index contributed by atoms with van der Waals surface area (Å²) >= 11 is 0. The molecular weight excluding hydrogens is 225 g/mol. The first kappa shape index (κ1) is 13.2. The fourth-order valence-electron chi connectivity index (χ4n) is 1.62. The third-order valence-corrected chi connectivity index (χ3v) is 2.37. The molecule has 1 unspecified atom stereocenters. The standard InChI is InChI=1S/C12H14FNO3/c1-8(15)14-12(2,11(16)17)7-9-4-3-5-10(13)6-9/h3-6H,7H2,1-2H3,(H,14,15)(H,16,17). The van der Waals surface area contributed by atoms with Crippen molar-refractivity contribution in [2.75, 3.05) is 0 Å². The van der Waals surface area contributed by atoms with E-state index in [0.29, 0.717) is 5.56 Å². The maximum Gasteiger partial charge on any atom is 0.329 e. The summed E-state index contributed by atoms with van der Waals surface area (Å²) in [7, 11) is 0. The van der Waals surface area contributed by atoms with Gasteiger partial charge in [0, 0.05) is 13.3 Å². The monoisotopic (exact) mass is 239 g/mol. The van der Waals surface area contributed by atoms with Crippen LogP contribution in [-0.4, -0.2) is 22.5 Å². The topological polar surface area (TPSA) is 66.4 Å². The minimum Gasteiger partial charge on any atom is -0.480 e. The Bertz CT molecular complexity index is 447. The Morgan fingerprint density at radius 3 is 2.59 bits per heavy atom. The molecule has 1 aromatic carbocycles. The summed E-state index contributed by atoms with van der Waals surface area (Å²) in [6, 6.07) is 5.65. The molecule has 0 saturated heterocycles. The van der Waals surface area contributed by atoms with Crippen LogP contribution in [0.2, 0.25) is 0 Å². The van der Waals surface area contributed by atoms with Crippen molar-refractivity contribution < 1.29 is 19.1 Å². The van der Waals surface area contributed by atoms with E-state index in [9.17, 15) is 14.0 Å². The summed E-state index contributed by atoms with van der Waals surface area (Å²) in [6.07, 6.45) is 0.0275. The highest BCUT2D eigenvalue weighted by Crippen LogP contribution is 2.15. The van der Waals surface area contributed by atoms with Crippen molar-refractivity contribution >= 4 is 11.9 Å². The van der Waals surface area contributed by atoms with Gasteiger partial charge in [-0.05, 0) is 24.6 Å². The van der Waals surface area contributed by atoms with Gasteiger partial charge in [-0.2, -0.15) is 0 Å². The molecule has 1 aromatic rings. The molecule has 0 radical (unpaired) electrons. The number of carboxylic acid groups (broad SMARTS) is 1. The molecule has 4 nitrogen and oxygen atoms in total. The molecule has 0 aliphatic rings. The van der Waals surface area contributed by atoms with Gasteiger partial charge < -0.3 is 10.4 Å². The first-order chi connectivity index (χ1) is 7.83. The minimum absolute atomic E-state index is 0.0275. The SMILES string of the molecule is CC(=O)NC(C)(Cc1cccc(F)c1)C(=O)O. The first-order valence-electron chi connectivity index (χ1n) is 5.10. The van der Waals surface area contributed by atoms with Gasteiger partial charge in [-0.25, -0.2) is 9.18 Å². The predicted octanol–water partition coefficient (Wildman–Crippen LogP) is 1.35. The Morgan fingerprint density at radius 1 is 1.47 bits per heavy atom. The van der Waals surface area contributed by atoms with Crippen LogP contribution in [0.25, 0.3) is 0 Å². The van der Waals surface area contributed by atoms with Crippen LogP contribution in [0.15, 0.2) is 24.3 Å². The molecule has 0 aliphatic carbocycles. The van der Waals surface area contributed by atoms with Crippen molar-refractivity contribution in [1.82, 2.24) is 5.32 Å². The number of amides is 1. The van der Waals surface area contributed by atoms with Gasteiger partial charge in [0.15, 0.2) is 0 Å². The molecule has 1 amide bonds. The van der Waals surface area contributed by atoms with Crippen LogP contribution in [-0.2, 0) is 16.0 Å². The quantitative estimate of drug-likeness (QED) is 0.833. The number of halogens is 1. The average molecular weight is 239 g/mol. The summed E-state index contributed by atoms with van der Waals surface area (Å²) < 4.78 is 13.0. The fraction of sp³-hybridized carbons (Fsp3) is 0.333. The van der Waals surface area contributed by atoms with E-state index in [1.165, 1.54) is 32.0 Å². The number of aliphatic carboxylic acids is 1. The van der Waals surface area contributed by atoms with E-state index >= 15 is 0 Å². The van der Waals surface area contributed by atoms with Crippen molar-refractivity contribution in [1.29, 1.82) is 0 Å². The largest absolute Gasteiger partial charge is 0.480 e. The zero-order valence-corrected chi connectivity index (χ0v) is 9.66.